The molecule has 39 heavy (non-hydrogen) atoms. The van der Waals surface area contributed by atoms with Crippen molar-refractivity contribution in [2.24, 2.45) is 5.92 Å². The van der Waals surface area contributed by atoms with Crippen LogP contribution in [-0.4, -0.2) is 72.7 Å². The zero-order chi connectivity index (χ0) is 27.9. The number of ether oxygens (including phenoxy) is 2. The average molecular weight is 531 g/mol. The fourth-order valence-corrected chi connectivity index (χ4v) is 5.12. The van der Waals surface area contributed by atoms with Gasteiger partial charge in [0.15, 0.2) is 6.10 Å². The van der Waals surface area contributed by atoms with Crippen molar-refractivity contribution in [3.63, 3.8) is 0 Å². The second-order valence-corrected chi connectivity index (χ2v) is 10.3. The van der Waals surface area contributed by atoms with Crippen LogP contribution in [0.25, 0.3) is 11.1 Å². The molecule has 7 nitrogen and oxygen atoms in total. The number of amides is 2. The lowest BCUT2D eigenvalue weighted by Crippen LogP contribution is -2.48. The Kier molecular flexibility index (Phi) is 9.51. The van der Waals surface area contributed by atoms with Crippen molar-refractivity contribution in [2.75, 3.05) is 33.9 Å². The highest BCUT2D eigenvalue weighted by Crippen LogP contribution is 2.31. The number of fused-ring (bicyclic) bond motifs is 3. The van der Waals surface area contributed by atoms with Gasteiger partial charge in [-0.1, -0.05) is 79.7 Å². The Balaban J connectivity index is 1.68. The van der Waals surface area contributed by atoms with Crippen LogP contribution in [0.5, 0.6) is 0 Å². The molecule has 206 valence electrons. The molecule has 3 aromatic rings. The van der Waals surface area contributed by atoms with E-state index in [-0.39, 0.29) is 36.5 Å². The summed E-state index contributed by atoms with van der Waals surface area (Å²) in [4.78, 5) is 30.8. The maximum absolute atomic E-state index is 13.9. The molecule has 0 bridgehead atoms. The van der Waals surface area contributed by atoms with E-state index < -0.39 is 6.10 Å². The summed E-state index contributed by atoms with van der Waals surface area (Å²) < 4.78 is 12.1. The number of methoxy groups -OCH3 is 1. The van der Waals surface area contributed by atoms with E-state index in [1.54, 1.807) is 16.8 Å². The number of carbonyl (C=O) groups is 2. The Morgan fingerprint density at radius 2 is 1.64 bits per heavy atom. The molecule has 1 heterocycles. The molecular weight excluding hydrogens is 492 g/mol. The maximum Gasteiger partial charge on any atom is 0.256 e. The molecular formula is C32H38N2O5. The van der Waals surface area contributed by atoms with E-state index in [1.807, 2.05) is 92.7 Å². The van der Waals surface area contributed by atoms with E-state index in [1.165, 1.54) is 7.11 Å². The van der Waals surface area contributed by atoms with Gasteiger partial charge in [0.25, 0.3) is 11.8 Å². The molecule has 1 aliphatic rings. The Labute approximate surface area is 231 Å². The lowest BCUT2D eigenvalue weighted by atomic mass is 9.94. The van der Waals surface area contributed by atoms with Gasteiger partial charge in [-0.25, -0.2) is 0 Å². The molecule has 0 radical (unpaired) electrons. The summed E-state index contributed by atoms with van der Waals surface area (Å²) in [5.74, 6) is -0.436. The smallest absolute Gasteiger partial charge is 0.256 e. The van der Waals surface area contributed by atoms with Crippen molar-refractivity contribution in [3.05, 3.63) is 95.6 Å². The predicted octanol–water partition coefficient (Wildman–Crippen LogP) is 4.56. The highest BCUT2D eigenvalue weighted by molar-refractivity contribution is 6.01. The molecule has 1 aliphatic heterocycles. The van der Waals surface area contributed by atoms with E-state index >= 15 is 0 Å². The number of benzene rings is 3. The molecule has 1 N–H and O–H groups in total. The van der Waals surface area contributed by atoms with Crippen LogP contribution in [0.1, 0.15) is 41.4 Å². The fraction of sp³-hybridized carbons (Fsp3) is 0.375. The van der Waals surface area contributed by atoms with Crippen molar-refractivity contribution in [1.29, 1.82) is 0 Å². The number of nitrogens with zero attached hydrogens (tertiary/aromatic N) is 2. The summed E-state index contributed by atoms with van der Waals surface area (Å²) in [7, 11) is 3.28. The third-order valence-corrected chi connectivity index (χ3v) is 7.49. The summed E-state index contributed by atoms with van der Waals surface area (Å²) >= 11 is 0. The van der Waals surface area contributed by atoms with Gasteiger partial charge >= 0.3 is 0 Å². The van der Waals surface area contributed by atoms with Crippen molar-refractivity contribution in [1.82, 2.24) is 9.80 Å². The minimum Gasteiger partial charge on any atom is -0.394 e. The zero-order valence-electron chi connectivity index (χ0n) is 23.1. The van der Waals surface area contributed by atoms with Gasteiger partial charge < -0.3 is 24.4 Å². The van der Waals surface area contributed by atoms with E-state index in [2.05, 4.69) is 0 Å². The van der Waals surface area contributed by atoms with E-state index in [0.717, 1.165) is 22.3 Å². The van der Waals surface area contributed by atoms with Gasteiger partial charge in [-0.3, -0.25) is 9.59 Å². The van der Waals surface area contributed by atoms with Gasteiger partial charge in [-0.05, 0) is 35.2 Å². The molecule has 4 rings (SSSR count). The number of hydrogen-bond acceptors (Lipinski definition) is 5. The van der Waals surface area contributed by atoms with Crippen LogP contribution in [0, 0.1) is 5.92 Å². The first-order valence-electron chi connectivity index (χ1n) is 13.4. The largest absolute Gasteiger partial charge is 0.394 e. The third-order valence-electron chi connectivity index (χ3n) is 7.49. The number of likely N-dealkylation sites (N-methyl/N-ethyl adjacent to an activating group) is 1. The summed E-state index contributed by atoms with van der Waals surface area (Å²) in [6, 6.07) is 24.5. The van der Waals surface area contributed by atoms with Crippen LogP contribution in [-0.2, 0) is 20.9 Å². The van der Waals surface area contributed by atoms with Crippen molar-refractivity contribution < 1.29 is 24.2 Å². The van der Waals surface area contributed by atoms with Gasteiger partial charge in [0.2, 0.25) is 0 Å². The van der Waals surface area contributed by atoms with Crippen LogP contribution in [0.3, 0.4) is 0 Å². The molecule has 0 saturated heterocycles. The molecule has 0 saturated carbocycles. The second kappa shape index (κ2) is 13.0. The predicted molar refractivity (Wildman–Crippen MR) is 151 cm³/mol. The van der Waals surface area contributed by atoms with Gasteiger partial charge in [-0.2, -0.15) is 0 Å². The number of rotatable bonds is 7. The molecule has 0 aliphatic carbocycles. The van der Waals surface area contributed by atoms with E-state index in [9.17, 15) is 14.7 Å². The SMILES string of the molecule is CO[C@@H](C(=O)N(C)C[C@@H]1OCc2ccccc2-c2ccccc2C(=O)N([C@@H](C)CO)C[C@H]1C)c1ccccc1. The quantitative estimate of drug-likeness (QED) is 0.485. The van der Waals surface area contributed by atoms with Gasteiger partial charge in [0.1, 0.15) is 0 Å². The standard InChI is InChI=1S/C32H38N2O5/c1-22-18-34(23(2)20-35)31(36)28-17-11-10-16-27(28)26-15-9-8-14-25(26)21-39-29(22)19-33(3)32(37)30(38-4)24-12-6-5-7-13-24/h5-17,22-23,29-30,35H,18-21H2,1-4H3/t22-,23+,29+,30-/m1/s1. The summed E-state index contributed by atoms with van der Waals surface area (Å²) in [5.41, 5.74) is 4.11. The first-order chi connectivity index (χ1) is 18.8. The number of hydrogen-bond donors (Lipinski definition) is 1. The van der Waals surface area contributed by atoms with E-state index in [0.29, 0.717) is 25.3 Å². The number of carbonyl (C=O) groups excluding carboxylic acids is 2. The molecule has 3 aromatic carbocycles. The van der Waals surface area contributed by atoms with Crippen LogP contribution < -0.4 is 0 Å². The first-order valence-corrected chi connectivity index (χ1v) is 13.4. The van der Waals surface area contributed by atoms with Gasteiger partial charge in [-0.15, -0.1) is 0 Å². The second-order valence-electron chi connectivity index (χ2n) is 10.3. The topological polar surface area (TPSA) is 79.3 Å². The van der Waals surface area contributed by atoms with Crippen molar-refractivity contribution in [2.45, 2.75) is 38.7 Å². The Morgan fingerprint density at radius 3 is 2.31 bits per heavy atom. The normalized spacial score (nSPS) is 19.3. The monoisotopic (exact) mass is 530 g/mol. The molecule has 0 aromatic heterocycles. The number of aliphatic hydroxyl groups is 1. The lowest BCUT2D eigenvalue weighted by molar-refractivity contribution is -0.143. The minimum atomic E-state index is -0.725. The van der Waals surface area contributed by atoms with Crippen molar-refractivity contribution in [3.8, 4) is 11.1 Å². The highest BCUT2D eigenvalue weighted by atomic mass is 16.5. The van der Waals surface area contributed by atoms with Crippen LogP contribution in [0.2, 0.25) is 0 Å². The summed E-state index contributed by atoms with van der Waals surface area (Å²) in [5, 5.41) is 10.0. The van der Waals surface area contributed by atoms with Crippen LogP contribution in [0.15, 0.2) is 78.9 Å². The minimum absolute atomic E-state index is 0.131. The zero-order valence-corrected chi connectivity index (χ0v) is 23.1. The van der Waals surface area contributed by atoms with Gasteiger partial charge in [0.05, 0.1) is 25.4 Å². The molecule has 0 fully saturated rings. The van der Waals surface area contributed by atoms with Crippen molar-refractivity contribution >= 4 is 11.8 Å². The molecule has 2 amide bonds. The maximum atomic E-state index is 13.9. The Bertz CT molecular complexity index is 1260. The molecule has 7 heteroatoms. The van der Waals surface area contributed by atoms with Crippen LogP contribution in [0.4, 0.5) is 0 Å². The highest BCUT2D eigenvalue weighted by Gasteiger charge is 2.32. The molecule has 0 spiro atoms. The van der Waals surface area contributed by atoms with Gasteiger partial charge in [0, 0.05) is 38.7 Å². The Hall–Kier alpha value is -3.52. The van der Waals surface area contributed by atoms with Crippen LogP contribution >= 0.6 is 0 Å². The fourth-order valence-electron chi connectivity index (χ4n) is 5.12. The lowest BCUT2D eigenvalue weighted by Gasteiger charge is -2.35. The first kappa shape index (κ1) is 28.5. The third kappa shape index (κ3) is 6.38. The summed E-state index contributed by atoms with van der Waals surface area (Å²) in [6.07, 6.45) is -1.10. The summed E-state index contributed by atoms with van der Waals surface area (Å²) in [6.45, 7) is 4.72. The number of aliphatic hydroxyl groups excluding tert-OH is 1. The average Bonchev–Trinajstić information content (AvgIpc) is 2.99. The molecule has 0 unspecified atom stereocenters. The Morgan fingerprint density at radius 1 is 1.03 bits per heavy atom. The van der Waals surface area contributed by atoms with E-state index in [4.69, 9.17) is 9.47 Å². The molecule has 4 atom stereocenters.